The maximum absolute atomic E-state index is 10.8. The molecule has 2 nitrogen and oxygen atoms in total. The van der Waals surface area contributed by atoms with Crippen LogP contribution in [0, 0.1) is 6.92 Å². The quantitative estimate of drug-likeness (QED) is 0.743. The highest BCUT2D eigenvalue weighted by Gasteiger charge is 2.14. The van der Waals surface area contributed by atoms with Crippen molar-refractivity contribution < 1.29 is 4.79 Å². The molecule has 0 unspecified atom stereocenters. The highest BCUT2D eigenvalue weighted by atomic mass is 16.1. The van der Waals surface area contributed by atoms with Gasteiger partial charge in [-0.1, -0.05) is 23.8 Å². The Hall–Kier alpha value is -1.15. The monoisotopic (exact) mass is 191 g/mol. The summed E-state index contributed by atoms with van der Waals surface area (Å²) >= 11 is 0. The second kappa shape index (κ2) is 3.93. The van der Waals surface area contributed by atoms with Crippen molar-refractivity contribution in [3.8, 4) is 0 Å². The lowest BCUT2D eigenvalue weighted by molar-refractivity contribution is 0.112. The molecule has 0 heterocycles. The largest absolute Gasteiger partial charge is 0.325 e. The number of carbonyl (C=O) groups excluding carboxylic acids is 1. The van der Waals surface area contributed by atoms with Gasteiger partial charge in [-0.3, -0.25) is 4.79 Å². The first-order valence-electron chi connectivity index (χ1n) is 4.76. The molecule has 0 atom stereocenters. The Balaban J connectivity index is 3.05. The van der Waals surface area contributed by atoms with Crippen molar-refractivity contribution in [1.82, 2.24) is 0 Å². The molecule has 1 aromatic carbocycles. The summed E-state index contributed by atoms with van der Waals surface area (Å²) in [6.07, 6.45) is 1.61. The van der Waals surface area contributed by atoms with E-state index < -0.39 is 0 Å². The van der Waals surface area contributed by atoms with Crippen LogP contribution < -0.4 is 5.73 Å². The van der Waals surface area contributed by atoms with Crippen LogP contribution in [-0.2, 0) is 6.42 Å². The topological polar surface area (TPSA) is 43.1 Å². The smallest absolute Gasteiger partial charge is 0.150 e. The molecule has 0 radical (unpaired) electrons. The third-order valence-corrected chi connectivity index (χ3v) is 2.07. The fraction of sp³-hybridized carbons (Fsp3) is 0.417. The molecule has 0 saturated heterocycles. The van der Waals surface area contributed by atoms with Gasteiger partial charge in [-0.05, 0) is 32.8 Å². The van der Waals surface area contributed by atoms with Crippen molar-refractivity contribution in [2.24, 2.45) is 5.73 Å². The minimum atomic E-state index is -0.272. The van der Waals surface area contributed by atoms with E-state index in [9.17, 15) is 4.79 Å². The fourth-order valence-corrected chi connectivity index (χ4v) is 1.49. The fourth-order valence-electron chi connectivity index (χ4n) is 1.49. The van der Waals surface area contributed by atoms with Crippen molar-refractivity contribution in [2.45, 2.75) is 32.7 Å². The van der Waals surface area contributed by atoms with Crippen LogP contribution >= 0.6 is 0 Å². The van der Waals surface area contributed by atoms with Gasteiger partial charge < -0.3 is 5.73 Å². The van der Waals surface area contributed by atoms with E-state index in [0.29, 0.717) is 0 Å². The molecule has 0 aromatic heterocycles. The van der Waals surface area contributed by atoms with E-state index in [2.05, 4.69) is 0 Å². The molecule has 0 bridgehead atoms. The van der Waals surface area contributed by atoms with Gasteiger partial charge in [0.15, 0.2) is 0 Å². The molecule has 2 N–H and O–H groups in total. The van der Waals surface area contributed by atoms with E-state index in [-0.39, 0.29) is 5.54 Å². The molecule has 1 aromatic rings. The van der Waals surface area contributed by atoms with Crippen molar-refractivity contribution >= 4 is 6.29 Å². The van der Waals surface area contributed by atoms with Gasteiger partial charge in [-0.15, -0.1) is 0 Å². The Morgan fingerprint density at radius 3 is 2.57 bits per heavy atom. The first-order chi connectivity index (χ1) is 6.42. The summed E-state index contributed by atoms with van der Waals surface area (Å²) < 4.78 is 0. The van der Waals surface area contributed by atoms with E-state index in [1.54, 1.807) is 0 Å². The van der Waals surface area contributed by atoms with Crippen LogP contribution in [0.3, 0.4) is 0 Å². The van der Waals surface area contributed by atoms with Gasteiger partial charge in [0.2, 0.25) is 0 Å². The third kappa shape index (κ3) is 2.96. The summed E-state index contributed by atoms with van der Waals surface area (Å²) in [5.41, 5.74) is 8.59. The standard InChI is InChI=1S/C12H17NO/c1-9-4-5-10(8-14)11(6-9)7-12(2,3)13/h4-6,8H,7,13H2,1-3H3. The van der Waals surface area contributed by atoms with Gasteiger partial charge in [0, 0.05) is 11.1 Å². The predicted octanol–water partition coefficient (Wildman–Crippen LogP) is 2.09. The van der Waals surface area contributed by atoms with Gasteiger partial charge in [0.1, 0.15) is 6.29 Å². The second-order valence-electron chi connectivity index (χ2n) is 4.49. The van der Waals surface area contributed by atoms with Crippen LogP contribution in [-0.4, -0.2) is 11.8 Å². The molecule has 2 heteroatoms. The van der Waals surface area contributed by atoms with Gasteiger partial charge in [0.25, 0.3) is 0 Å². The molecule has 1 rings (SSSR count). The number of hydrogen-bond donors (Lipinski definition) is 1. The first-order valence-corrected chi connectivity index (χ1v) is 4.76. The Morgan fingerprint density at radius 2 is 2.07 bits per heavy atom. The van der Waals surface area contributed by atoms with Crippen LogP contribution in [0.15, 0.2) is 18.2 Å². The highest BCUT2D eigenvalue weighted by Crippen LogP contribution is 2.15. The first kappa shape index (κ1) is 10.9. The lowest BCUT2D eigenvalue weighted by Crippen LogP contribution is -2.34. The predicted molar refractivity (Wildman–Crippen MR) is 58.5 cm³/mol. The summed E-state index contributed by atoms with van der Waals surface area (Å²) in [7, 11) is 0. The maximum Gasteiger partial charge on any atom is 0.150 e. The van der Waals surface area contributed by atoms with Crippen molar-refractivity contribution in [3.05, 3.63) is 34.9 Å². The molecule has 76 valence electrons. The Bertz CT molecular complexity index is 337. The van der Waals surface area contributed by atoms with Gasteiger partial charge in [0.05, 0.1) is 0 Å². The van der Waals surface area contributed by atoms with Gasteiger partial charge >= 0.3 is 0 Å². The summed E-state index contributed by atoms with van der Waals surface area (Å²) in [6, 6.07) is 5.82. The van der Waals surface area contributed by atoms with E-state index in [1.807, 2.05) is 39.0 Å². The Labute approximate surface area is 85.1 Å². The molecule has 0 saturated carbocycles. The number of aryl methyl sites for hydroxylation is 1. The van der Waals surface area contributed by atoms with Crippen molar-refractivity contribution in [1.29, 1.82) is 0 Å². The number of aldehydes is 1. The Kier molecular flexibility index (Phi) is 3.06. The average molecular weight is 191 g/mol. The lowest BCUT2D eigenvalue weighted by atomic mass is 9.92. The molecule has 14 heavy (non-hydrogen) atoms. The molecule has 0 aliphatic carbocycles. The van der Waals surface area contributed by atoms with Crippen LogP contribution in [0.5, 0.6) is 0 Å². The van der Waals surface area contributed by atoms with Gasteiger partial charge in [-0.2, -0.15) is 0 Å². The van der Waals surface area contributed by atoms with E-state index in [4.69, 9.17) is 5.73 Å². The molecule has 0 spiro atoms. The summed E-state index contributed by atoms with van der Waals surface area (Å²) in [4.78, 5) is 10.8. The minimum absolute atomic E-state index is 0.272. The van der Waals surface area contributed by atoms with Crippen LogP contribution in [0.4, 0.5) is 0 Å². The maximum atomic E-state index is 10.8. The SMILES string of the molecule is Cc1ccc(C=O)c(CC(C)(C)N)c1. The number of hydrogen-bond acceptors (Lipinski definition) is 2. The number of rotatable bonds is 3. The van der Waals surface area contributed by atoms with Crippen LogP contribution in [0.1, 0.15) is 35.3 Å². The molecular formula is C12H17NO. The molecule has 0 fully saturated rings. The minimum Gasteiger partial charge on any atom is -0.325 e. The van der Waals surface area contributed by atoms with Crippen molar-refractivity contribution in [2.75, 3.05) is 0 Å². The lowest BCUT2D eigenvalue weighted by Gasteiger charge is -2.19. The number of nitrogens with two attached hydrogens (primary N) is 1. The molecular weight excluding hydrogens is 174 g/mol. The van der Waals surface area contributed by atoms with Crippen molar-refractivity contribution in [3.63, 3.8) is 0 Å². The average Bonchev–Trinajstić information content (AvgIpc) is 2.01. The van der Waals surface area contributed by atoms with Crippen LogP contribution in [0.2, 0.25) is 0 Å². The zero-order valence-corrected chi connectivity index (χ0v) is 9.00. The van der Waals surface area contributed by atoms with E-state index >= 15 is 0 Å². The Morgan fingerprint density at radius 1 is 1.43 bits per heavy atom. The van der Waals surface area contributed by atoms with E-state index in [0.717, 1.165) is 29.4 Å². The molecule has 0 aliphatic rings. The number of benzene rings is 1. The summed E-state index contributed by atoms with van der Waals surface area (Å²) in [5, 5.41) is 0. The highest BCUT2D eigenvalue weighted by molar-refractivity contribution is 5.77. The number of carbonyl (C=O) groups is 1. The van der Waals surface area contributed by atoms with Gasteiger partial charge in [-0.25, -0.2) is 0 Å². The zero-order valence-electron chi connectivity index (χ0n) is 9.00. The zero-order chi connectivity index (χ0) is 10.8. The normalized spacial score (nSPS) is 11.4. The summed E-state index contributed by atoms with van der Waals surface area (Å²) in [5.74, 6) is 0. The van der Waals surface area contributed by atoms with E-state index in [1.165, 1.54) is 0 Å². The third-order valence-electron chi connectivity index (χ3n) is 2.07. The van der Waals surface area contributed by atoms with Crippen LogP contribution in [0.25, 0.3) is 0 Å². The molecule has 0 amide bonds. The summed E-state index contributed by atoms with van der Waals surface area (Å²) in [6.45, 7) is 5.94. The molecule has 0 aliphatic heterocycles. The second-order valence-corrected chi connectivity index (χ2v) is 4.49.